The summed E-state index contributed by atoms with van der Waals surface area (Å²) in [6.45, 7) is 7.46. The molecule has 0 spiro atoms. The molecule has 0 radical (unpaired) electrons. The second-order valence-corrected chi connectivity index (χ2v) is 5.70. The monoisotopic (exact) mass is 233 g/mol. The van der Waals surface area contributed by atoms with Crippen LogP contribution in [-0.4, -0.2) is 18.1 Å². The fourth-order valence-corrected chi connectivity index (χ4v) is 2.41. The summed E-state index contributed by atoms with van der Waals surface area (Å²) in [7, 11) is 0. The third-order valence-corrected chi connectivity index (χ3v) is 3.67. The van der Waals surface area contributed by atoms with E-state index >= 15 is 0 Å². The summed E-state index contributed by atoms with van der Waals surface area (Å²) >= 11 is 0. The Hall–Kier alpha value is -1.09. The first-order valence-corrected chi connectivity index (χ1v) is 6.52. The molecule has 0 aromatic carbocycles. The van der Waals surface area contributed by atoms with Gasteiger partial charge in [0.15, 0.2) is 0 Å². The van der Waals surface area contributed by atoms with Crippen LogP contribution in [0.4, 0.5) is 5.82 Å². The zero-order valence-corrected chi connectivity index (χ0v) is 10.9. The molecule has 2 rings (SSSR count). The molecule has 0 aliphatic carbocycles. The van der Waals surface area contributed by atoms with Gasteiger partial charge in [0.25, 0.3) is 0 Å². The molecule has 1 saturated heterocycles. The molecule has 2 N–H and O–H groups in total. The number of aromatic nitrogens is 1. The van der Waals surface area contributed by atoms with Gasteiger partial charge in [-0.15, -0.1) is 0 Å². The van der Waals surface area contributed by atoms with Crippen molar-refractivity contribution >= 4 is 5.82 Å². The molecule has 0 saturated carbocycles. The molecule has 1 aliphatic heterocycles. The van der Waals surface area contributed by atoms with E-state index in [1.807, 2.05) is 6.07 Å². The summed E-state index contributed by atoms with van der Waals surface area (Å²) in [5.74, 6) is 1.09. The summed E-state index contributed by atoms with van der Waals surface area (Å²) in [4.78, 5) is 7.00. The summed E-state index contributed by atoms with van der Waals surface area (Å²) in [6, 6.07) is 6.14. The van der Waals surface area contributed by atoms with Crippen molar-refractivity contribution in [1.82, 2.24) is 4.98 Å². The lowest BCUT2D eigenvalue weighted by molar-refractivity contribution is 0.325. The SMILES string of the molecule is CC1(C)CCCN(c2cccc(CN)n2)CC1. The standard InChI is InChI=1S/C14H23N3/c1-14(2)7-4-9-17(10-8-14)13-6-3-5-12(11-15)16-13/h3,5-6H,4,7-11,15H2,1-2H3. The minimum absolute atomic E-state index is 0.472. The molecule has 3 heteroatoms. The van der Waals surface area contributed by atoms with E-state index in [1.54, 1.807) is 0 Å². The molecule has 2 heterocycles. The van der Waals surface area contributed by atoms with Crippen LogP contribution < -0.4 is 10.6 Å². The van der Waals surface area contributed by atoms with Crippen LogP contribution in [0.5, 0.6) is 0 Å². The average Bonchev–Trinajstić information content (AvgIpc) is 2.50. The lowest BCUT2D eigenvalue weighted by Crippen LogP contribution is -2.26. The average molecular weight is 233 g/mol. The summed E-state index contributed by atoms with van der Waals surface area (Å²) in [5.41, 5.74) is 7.09. The number of nitrogens with zero attached hydrogens (tertiary/aromatic N) is 2. The maximum absolute atomic E-state index is 5.64. The van der Waals surface area contributed by atoms with Gasteiger partial charge in [0.2, 0.25) is 0 Å². The maximum Gasteiger partial charge on any atom is 0.128 e. The quantitative estimate of drug-likeness (QED) is 0.853. The minimum Gasteiger partial charge on any atom is -0.357 e. The third kappa shape index (κ3) is 3.19. The highest BCUT2D eigenvalue weighted by molar-refractivity contribution is 5.39. The van der Waals surface area contributed by atoms with Crippen molar-refractivity contribution < 1.29 is 0 Å². The predicted octanol–water partition coefficient (Wildman–Crippen LogP) is 2.56. The molecule has 1 aliphatic rings. The Balaban J connectivity index is 2.11. The normalized spacial score (nSPS) is 20.1. The van der Waals surface area contributed by atoms with Gasteiger partial charge >= 0.3 is 0 Å². The Morgan fingerprint density at radius 3 is 2.88 bits per heavy atom. The highest BCUT2D eigenvalue weighted by Gasteiger charge is 2.23. The molecule has 1 aromatic rings. The molecule has 0 amide bonds. The smallest absolute Gasteiger partial charge is 0.128 e. The van der Waals surface area contributed by atoms with Gasteiger partial charge in [-0.1, -0.05) is 19.9 Å². The third-order valence-electron chi connectivity index (χ3n) is 3.67. The number of anilines is 1. The van der Waals surface area contributed by atoms with Crippen LogP contribution in [0.1, 0.15) is 38.8 Å². The van der Waals surface area contributed by atoms with Gasteiger partial charge in [0.1, 0.15) is 5.82 Å². The number of rotatable bonds is 2. The Kier molecular flexibility index (Phi) is 3.67. The molecule has 17 heavy (non-hydrogen) atoms. The molecule has 0 bridgehead atoms. The van der Waals surface area contributed by atoms with E-state index in [2.05, 4.69) is 35.9 Å². The highest BCUT2D eigenvalue weighted by atomic mass is 15.2. The highest BCUT2D eigenvalue weighted by Crippen LogP contribution is 2.31. The first-order chi connectivity index (χ1) is 8.11. The Labute approximate surface area is 104 Å². The Morgan fingerprint density at radius 2 is 2.12 bits per heavy atom. The van der Waals surface area contributed by atoms with Crippen molar-refractivity contribution in [3.63, 3.8) is 0 Å². The second kappa shape index (κ2) is 5.05. The zero-order valence-electron chi connectivity index (χ0n) is 10.9. The molecular formula is C14H23N3. The fourth-order valence-electron chi connectivity index (χ4n) is 2.41. The number of hydrogen-bond donors (Lipinski definition) is 1. The minimum atomic E-state index is 0.472. The molecular weight excluding hydrogens is 210 g/mol. The van der Waals surface area contributed by atoms with E-state index in [-0.39, 0.29) is 0 Å². The summed E-state index contributed by atoms with van der Waals surface area (Å²) in [6.07, 6.45) is 3.79. The Morgan fingerprint density at radius 1 is 1.29 bits per heavy atom. The number of nitrogens with two attached hydrogens (primary N) is 1. The van der Waals surface area contributed by atoms with Crippen molar-refractivity contribution in [1.29, 1.82) is 0 Å². The topological polar surface area (TPSA) is 42.1 Å². The maximum atomic E-state index is 5.64. The van der Waals surface area contributed by atoms with Crippen molar-refractivity contribution in [2.24, 2.45) is 11.1 Å². The van der Waals surface area contributed by atoms with Crippen molar-refractivity contribution in [2.45, 2.75) is 39.7 Å². The summed E-state index contributed by atoms with van der Waals surface area (Å²) < 4.78 is 0. The van der Waals surface area contributed by atoms with Gasteiger partial charge in [-0.3, -0.25) is 0 Å². The van der Waals surface area contributed by atoms with Gasteiger partial charge in [-0.2, -0.15) is 0 Å². The van der Waals surface area contributed by atoms with Crippen LogP contribution in [0.3, 0.4) is 0 Å². The molecule has 0 atom stereocenters. The van der Waals surface area contributed by atoms with Crippen LogP contribution in [0.15, 0.2) is 18.2 Å². The van der Waals surface area contributed by atoms with Crippen LogP contribution >= 0.6 is 0 Å². The second-order valence-electron chi connectivity index (χ2n) is 5.70. The lowest BCUT2D eigenvalue weighted by atomic mass is 9.85. The van der Waals surface area contributed by atoms with E-state index in [4.69, 9.17) is 5.73 Å². The summed E-state index contributed by atoms with van der Waals surface area (Å²) in [5, 5.41) is 0. The van der Waals surface area contributed by atoms with Crippen LogP contribution in [0, 0.1) is 5.41 Å². The molecule has 1 aromatic heterocycles. The van der Waals surface area contributed by atoms with Gasteiger partial charge < -0.3 is 10.6 Å². The van der Waals surface area contributed by atoms with Crippen LogP contribution in [0.25, 0.3) is 0 Å². The molecule has 0 unspecified atom stereocenters. The van der Waals surface area contributed by atoms with Crippen molar-refractivity contribution in [3.8, 4) is 0 Å². The zero-order chi connectivity index (χ0) is 12.3. The fraction of sp³-hybridized carbons (Fsp3) is 0.643. The van der Waals surface area contributed by atoms with Crippen LogP contribution in [0.2, 0.25) is 0 Å². The first kappa shape index (κ1) is 12.4. The van der Waals surface area contributed by atoms with E-state index < -0.39 is 0 Å². The Bertz CT molecular complexity index is 373. The van der Waals surface area contributed by atoms with E-state index in [0.29, 0.717) is 12.0 Å². The molecule has 94 valence electrons. The van der Waals surface area contributed by atoms with Gasteiger partial charge in [-0.05, 0) is 36.8 Å². The van der Waals surface area contributed by atoms with E-state index in [0.717, 1.165) is 24.6 Å². The van der Waals surface area contributed by atoms with E-state index in [1.165, 1.54) is 19.3 Å². The molecule has 3 nitrogen and oxygen atoms in total. The largest absolute Gasteiger partial charge is 0.357 e. The van der Waals surface area contributed by atoms with Crippen LogP contribution in [-0.2, 0) is 6.54 Å². The number of pyridine rings is 1. The number of hydrogen-bond acceptors (Lipinski definition) is 3. The van der Waals surface area contributed by atoms with Crippen molar-refractivity contribution in [2.75, 3.05) is 18.0 Å². The van der Waals surface area contributed by atoms with Gasteiger partial charge in [0.05, 0.1) is 5.69 Å². The first-order valence-electron chi connectivity index (χ1n) is 6.52. The van der Waals surface area contributed by atoms with E-state index in [9.17, 15) is 0 Å². The van der Waals surface area contributed by atoms with Gasteiger partial charge in [-0.25, -0.2) is 4.98 Å². The van der Waals surface area contributed by atoms with Gasteiger partial charge in [0, 0.05) is 19.6 Å². The molecule has 1 fully saturated rings. The van der Waals surface area contributed by atoms with Crippen molar-refractivity contribution in [3.05, 3.63) is 23.9 Å². The predicted molar refractivity (Wildman–Crippen MR) is 72.0 cm³/mol. The lowest BCUT2D eigenvalue weighted by Gasteiger charge is -2.24.